The van der Waals surface area contributed by atoms with Gasteiger partial charge in [0.15, 0.2) is 0 Å². The Kier molecular flexibility index (Phi) is 2.54. The molecule has 2 saturated heterocycles. The quantitative estimate of drug-likeness (QED) is 0.494. The number of carbonyl (C=O) groups is 2. The van der Waals surface area contributed by atoms with E-state index in [4.69, 9.17) is 9.47 Å². The lowest BCUT2D eigenvalue weighted by Gasteiger charge is -2.17. The van der Waals surface area contributed by atoms with E-state index in [1.165, 1.54) is 6.92 Å². The van der Waals surface area contributed by atoms with E-state index < -0.39 is 11.8 Å². The molecule has 0 aromatic rings. The molecule has 2 fully saturated rings. The molecule has 0 spiro atoms. The van der Waals surface area contributed by atoms with Gasteiger partial charge in [-0.25, -0.2) is 4.79 Å². The molecule has 78 valence electrons. The largest absolute Gasteiger partial charge is 0.460 e. The maximum atomic E-state index is 10.9. The van der Waals surface area contributed by atoms with Crippen LogP contribution in [0.4, 0.5) is 0 Å². The highest BCUT2D eigenvalue weighted by atomic mass is 16.5. The maximum absolute atomic E-state index is 10.9. The summed E-state index contributed by atoms with van der Waals surface area (Å²) in [4.78, 5) is 21.5. The molecule has 3 atom stereocenters. The van der Waals surface area contributed by atoms with E-state index in [1.807, 2.05) is 0 Å². The lowest BCUT2D eigenvalue weighted by molar-refractivity contribution is -0.154. The number of carbonyl (C=O) groups excluding carboxylic acids is 2. The molecule has 0 N–H and O–H groups in total. The van der Waals surface area contributed by atoms with Crippen LogP contribution in [0.3, 0.4) is 0 Å². The molecule has 4 nitrogen and oxygen atoms in total. The summed E-state index contributed by atoms with van der Waals surface area (Å²) in [5.41, 5.74) is 0. The Morgan fingerprint density at radius 1 is 1.43 bits per heavy atom. The number of Topliss-reactive ketones (excluding diaryl/α,β-unsaturated/α-hetero) is 1. The number of hydrogen-bond acceptors (Lipinski definition) is 4. The molecule has 0 aliphatic carbocycles. The topological polar surface area (TPSA) is 52.6 Å². The van der Waals surface area contributed by atoms with Crippen LogP contribution in [-0.2, 0) is 19.1 Å². The standard InChI is InChI=1S/C10H14O4/c1-6(11)10(12)13-5-7-4-8-2-3-9(7)14-8/h7-9H,2-5H2,1H3. The van der Waals surface area contributed by atoms with Crippen LogP contribution in [-0.4, -0.2) is 30.6 Å². The van der Waals surface area contributed by atoms with Gasteiger partial charge < -0.3 is 9.47 Å². The SMILES string of the molecule is CC(=O)C(=O)OCC1CC2CCC1O2. The smallest absolute Gasteiger partial charge is 0.374 e. The highest BCUT2D eigenvalue weighted by Crippen LogP contribution is 2.38. The third-order valence-corrected chi connectivity index (χ3v) is 2.95. The summed E-state index contributed by atoms with van der Waals surface area (Å²) in [6.07, 6.45) is 3.77. The van der Waals surface area contributed by atoms with Gasteiger partial charge in [-0.3, -0.25) is 4.79 Å². The normalized spacial score (nSPS) is 34.5. The first kappa shape index (κ1) is 9.65. The van der Waals surface area contributed by atoms with Crippen LogP contribution in [0.5, 0.6) is 0 Å². The molecule has 0 saturated carbocycles. The number of esters is 1. The van der Waals surface area contributed by atoms with Gasteiger partial charge in [-0.2, -0.15) is 0 Å². The van der Waals surface area contributed by atoms with Crippen molar-refractivity contribution in [2.45, 2.75) is 38.4 Å². The Balaban J connectivity index is 1.77. The fourth-order valence-electron chi connectivity index (χ4n) is 2.20. The number of hydrogen-bond donors (Lipinski definition) is 0. The number of ether oxygens (including phenoxy) is 2. The molecule has 0 aromatic heterocycles. The van der Waals surface area contributed by atoms with Gasteiger partial charge >= 0.3 is 5.97 Å². The van der Waals surface area contributed by atoms with E-state index in [0.717, 1.165) is 19.3 Å². The molecule has 0 amide bonds. The molecule has 2 aliphatic rings. The molecule has 3 unspecified atom stereocenters. The van der Waals surface area contributed by atoms with Crippen LogP contribution < -0.4 is 0 Å². The van der Waals surface area contributed by atoms with Crippen LogP contribution in [0.2, 0.25) is 0 Å². The Morgan fingerprint density at radius 2 is 2.21 bits per heavy atom. The van der Waals surface area contributed by atoms with E-state index in [2.05, 4.69) is 0 Å². The van der Waals surface area contributed by atoms with Crippen molar-refractivity contribution in [1.29, 1.82) is 0 Å². The molecule has 2 rings (SSSR count). The van der Waals surface area contributed by atoms with Gasteiger partial charge in [0.1, 0.15) is 0 Å². The van der Waals surface area contributed by atoms with Crippen molar-refractivity contribution >= 4 is 11.8 Å². The zero-order valence-electron chi connectivity index (χ0n) is 8.19. The van der Waals surface area contributed by atoms with E-state index in [9.17, 15) is 9.59 Å². The monoisotopic (exact) mass is 198 g/mol. The van der Waals surface area contributed by atoms with Crippen molar-refractivity contribution < 1.29 is 19.1 Å². The first-order chi connectivity index (χ1) is 6.66. The minimum atomic E-state index is -0.729. The molecule has 2 aliphatic heterocycles. The molecule has 0 aromatic carbocycles. The van der Waals surface area contributed by atoms with Gasteiger partial charge in [-0.1, -0.05) is 0 Å². The predicted molar refractivity (Wildman–Crippen MR) is 47.6 cm³/mol. The zero-order valence-corrected chi connectivity index (χ0v) is 8.19. The second-order valence-corrected chi connectivity index (χ2v) is 4.02. The number of rotatable bonds is 3. The Hall–Kier alpha value is -0.900. The fourth-order valence-corrected chi connectivity index (χ4v) is 2.20. The number of ketones is 1. The van der Waals surface area contributed by atoms with Crippen molar-refractivity contribution in [2.24, 2.45) is 5.92 Å². The van der Waals surface area contributed by atoms with Crippen LogP contribution in [0.15, 0.2) is 0 Å². The van der Waals surface area contributed by atoms with Gasteiger partial charge in [0, 0.05) is 12.8 Å². The minimum absolute atomic E-state index is 0.250. The lowest BCUT2D eigenvalue weighted by Crippen LogP contribution is -2.25. The molecule has 2 bridgehead atoms. The maximum Gasteiger partial charge on any atom is 0.374 e. The van der Waals surface area contributed by atoms with Gasteiger partial charge in [0.2, 0.25) is 5.78 Å². The average Bonchev–Trinajstić information content (AvgIpc) is 2.74. The summed E-state index contributed by atoms with van der Waals surface area (Å²) in [6, 6.07) is 0. The molecular formula is C10H14O4. The Labute approximate surface area is 82.6 Å². The molecule has 4 heteroatoms. The summed E-state index contributed by atoms with van der Waals surface area (Å²) in [7, 11) is 0. The van der Waals surface area contributed by atoms with E-state index in [1.54, 1.807) is 0 Å². The third kappa shape index (κ3) is 1.80. The molecular weight excluding hydrogens is 184 g/mol. The fraction of sp³-hybridized carbons (Fsp3) is 0.800. The minimum Gasteiger partial charge on any atom is -0.460 e. The van der Waals surface area contributed by atoms with Crippen molar-refractivity contribution in [3.8, 4) is 0 Å². The molecule has 0 radical (unpaired) electrons. The lowest BCUT2D eigenvalue weighted by atomic mass is 9.90. The third-order valence-electron chi connectivity index (χ3n) is 2.95. The highest BCUT2D eigenvalue weighted by Gasteiger charge is 2.41. The average molecular weight is 198 g/mol. The highest BCUT2D eigenvalue weighted by molar-refractivity contribution is 6.32. The second-order valence-electron chi connectivity index (χ2n) is 4.02. The van der Waals surface area contributed by atoms with Crippen LogP contribution >= 0.6 is 0 Å². The van der Waals surface area contributed by atoms with Crippen LogP contribution in [0.1, 0.15) is 26.2 Å². The predicted octanol–water partition coefficient (Wildman–Crippen LogP) is 0.686. The summed E-state index contributed by atoms with van der Waals surface area (Å²) >= 11 is 0. The van der Waals surface area contributed by atoms with Gasteiger partial charge in [0.05, 0.1) is 18.8 Å². The van der Waals surface area contributed by atoms with E-state index >= 15 is 0 Å². The first-order valence-electron chi connectivity index (χ1n) is 5.00. The van der Waals surface area contributed by atoms with Crippen molar-refractivity contribution in [1.82, 2.24) is 0 Å². The van der Waals surface area contributed by atoms with E-state index in [-0.39, 0.29) is 6.10 Å². The zero-order chi connectivity index (χ0) is 10.1. The first-order valence-corrected chi connectivity index (χ1v) is 5.00. The second kappa shape index (κ2) is 3.69. The van der Waals surface area contributed by atoms with Crippen molar-refractivity contribution in [2.75, 3.05) is 6.61 Å². The van der Waals surface area contributed by atoms with Gasteiger partial charge in [-0.15, -0.1) is 0 Å². The van der Waals surface area contributed by atoms with Gasteiger partial charge in [-0.05, 0) is 19.3 Å². The number of fused-ring (bicyclic) bond motifs is 2. The summed E-state index contributed by atoms with van der Waals surface area (Å²) in [5.74, 6) is -0.959. The summed E-state index contributed by atoms with van der Waals surface area (Å²) < 4.78 is 10.5. The van der Waals surface area contributed by atoms with Crippen molar-refractivity contribution in [3.63, 3.8) is 0 Å². The van der Waals surface area contributed by atoms with Crippen LogP contribution in [0.25, 0.3) is 0 Å². The summed E-state index contributed by atoms with van der Waals surface area (Å²) in [6.45, 7) is 1.55. The van der Waals surface area contributed by atoms with Crippen molar-refractivity contribution in [3.05, 3.63) is 0 Å². The Bertz CT molecular complexity index is 261. The summed E-state index contributed by atoms with van der Waals surface area (Å²) in [5, 5.41) is 0. The van der Waals surface area contributed by atoms with Gasteiger partial charge in [0.25, 0.3) is 0 Å². The Morgan fingerprint density at radius 3 is 2.71 bits per heavy atom. The van der Waals surface area contributed by atoms with Crippen LogP contribution in [0, 0.1) is 5.92 Å². The molecule has 14 heavy (non-hydrogen) atoms. The molecule has 2 heterocycles. The van der Waals surface area contributed by atoms with E-state index in [0.29, 0.717) is 18.6 Å².